The van der Waals surface area contributed by atoms with Crippen LogP contribution >= 0.6 is 15.9 Å². The van der Waals surface area contributed by atoms with E-state index in [9.17, 15) is 9.90 Å². The maximum Gasteiger partial charge on any atom is 0.247 e. The Balaban J connectivity index is 2.46. The highest BCUT2D eigenvalue weighted by atomic mass is 79.9. The van der Waals surface area contributed by atoms with Crippen LogP contribution in [0.4, 0.5) is 5.69 Å². The minimum absolute atomic E-state index is 0.0869. The van der Waals surface area contributed by atoms with E-state index in [1.165, 1.54) is 6.07 Å². The number of benzene rings is 2. The molecule has 2 aromatic carbocycles. The molecule has 0 saturated heterocycles. The van der Waals surface area contributed by atoms with Gasteiger partial charge < -0.3 is 16.2 Å². The van der Waals surface area contributed by atoms with Crippen molar-refractivity contribution in [3.63, 3.8) is 0 Å². The van der Waals surface area contributed by atoms with Gasteiger partial charge in [0.05, 0.1) is 0 Å². The average molecular weight is 335 g/mol. The maximum absolute atomic E-state index is 11.9. The van der Waals surface area contributed by atoms with E-state index >= 15 is 0 Å². The first-order chi connectivity index (χ1) is 9.43. The Labute approximate surface area is 125 Å². The summed E-state index contributed by atoms with van der Waals surface area (Å²) in [5, 5.41) is 12.7. The number of amides is 1. The summed E-state index contributed by atoms with van der Waals surface area (Å²) in [6, 6.07) is 13.9. The van der Waals surface area contributed by atoms with Gasteiger partial charge in [-0.05, 0) is 52.7 Å². The highest BCUT2D eigenvalue weighted by Gasteiger charge is 2.33. The van der Waals surface area contributed by atoms with Crippen molar-refractivity contribution < 1.29 is 9.90 Å². The van der Waals surface area contributed by atoms with Gasteiger partial charge in [0.2, 0.25) is 5.91 Å². The third-order valence-corrected chi connectivity index (χ3v) is 3.87. The number of nitrogens with one attached hydrogen (secondary N) is 1. The van der Waals surface area contributed by atoms with Gasteiger partial charge in [-0.15, -0.1) is 0 Å². The van der Waals surface area contributed by atoms with Crippen molar-refractivity contribution in [1.29, 1.82) is 0 Å². The molecular weight excluding hydrogens is 320 g/mol. The summed E-state index contributed by atoms with van der Waals surface area (Å²) in [4.78, 5) is 11.9. The second-order valence-electron chi connectivity index (χ2n) is 4.64. The molecule has 0 aliphatic carbocycles. The van der Waals surface area contributed by atoms with Crippen molar-refractivity contribution in [3.05, 3.63) is 58.6 Å². The summed E-state index contributed by atoms with van der Waals surface area (Å²) < 4.78 is 0.827. The van der Waals surface area contributed by atoms with Crippen molar-refractivity contribution in [3.8, 4) is 5.75 Å². The number of anilines is 1. The third-order valence-electron chi connectivity index (χ3n) is 3.17. The number of primary amides is 1. The lowest BCUT2D eigenvalue weighted by Crippen LogP contribution is -2.45. The van der Waals surface area contributed by atoms with Crippen LogP contribution in [0.3, 0.4) is 0 Å². The van der Waals surface area contributed by atoms with Crippen LogP contribution in [0.1, 0.15) is 12.5 Å². The zero-order valence-electron chi connectivity index (χ0n) is 10.9. The Kier molecular flexibility index (Phi) is 3.99. The molecule has 20 heavy (non-hydrogen) atoms. The minimum atomic E-state index is -1.12. The Bertz CT molecular complexity index is 645. The molecule has 1 unspecified atom stereocenters. The quantitative estimate of drug-likeness (QED) is 0.804. The lowest BCUT2D eigenvalue weighted by Gasteiger charge is -2.29. The highest BCUT2D eigenvalue weighted by Crippen LogP contribution is 2.31. The summed E-state index contributed by atoms with van der Waals surface area (Å²) in [5.41, 5.74) is 5.78. The molecule has 2 rings (SSSR count). The number of rotatable bonds is 4. The van der Waals surface area contributed by atoms with Crippen LogP contribution in [0.25, 0.3) is 0 Å². The molecule has 0 aliphatic heterocycles. The molecule has 0 fully saturated rings. The number of carbonyl (C=O) groups excluding carboxylic acids is 1. The molecule has 5 heteroatoms. The van der Waals surface area contributed by atoms with Crippen molar-refractivity contribution in [1.82, 2.24) is 0 Å². The van der Waals surface area contributed by atoms with E-state index in [1.807, 2.05) is 24.3 Å². The zero-order valence-corrected chi connectivity index (χ0v) is 12.5. The molecule has 0 aliphatic rings. The highest BCUT2D eigenvalue weighted by molar-refractivity contribution is 9.10. The Hall–Kier alpha value is -2.01. The number of nitrogens with two attached hydrogens (primary N) is 1. The number of phenols is 1. The minimum Gasteiger partial charge on any atom is -0.508 e. The van der Waals surface area contributed by atoms with E-state index in [4.69, 9.17) is 5.73 Å². The second kappa shape index (κ2) is 5.54. The standard InChI is InChI=1S/C15H15BrN2O2/c1-15(14(17)20,10-5-4-6-11(19)9-10)18-13-8-3-2-7-12(13)16/h2-9,18-19H,1H3,(H2,17,20). The van der Waals surface area contributed by atoms with Crippen LogP contribution in [0.2, 0.25) is 0 Å². The average Bonchev–Trinajstić information content (AvgIpc) is 2.41. The summed E-state index contributed by atoms with van der Waals surface area (Å²) in [7, 11) is 0. The van der Waals surface area contributed by atoms with Gasteiger partial charge >= 0.3 is 0 Å². The number of halogens is 1. The number of hydrogen-bond donors (Lipinski definition) is 3. The van der Waals surface area contributed by atoms with Crippen LogP contribution in [0, 0.1) is 0 Å². The fourth-order valence-electron chi connectivity index (χ4n) is 1.92. The molecule has 1 amide bonds. The maximum atomic E-state index is 11.9. The Morgan fingerprint density at radius 2 is 1.95 bits per heavy atom. The van der Waals surface area contributed by atoms with Gasteiger partial charge in [-0.1, -0.05) is 24.3 Å². The van der Waals surface area contributed by atoms with Crippen LogP contribution in [-0.2, 0) is 10.3 Å². The fourth-order valence-corrected chi connectivity index (χ4v) is 2.31. The third kappa shape index (κ3) is 2.77. The van der Waals surface area contributed by atoms with E-state index < -0.39 is 11.4 Å². The van der Waals surface area contributed by atoms with Crippen LogP contribution < -0.4 is 11.1 Å². The molecule has 2 aromatic rings. The largest absolute Gasteiger partial charge is 0.508 e. The number of aromatic hydroxyl groups is 1. The smallest absolute Gasteiger partial charge is 0.247 e. The molecule has 4 nitrogen and oxygen atoms in total. The molecule has 104 valence electrons. The first-order valence-electron chi connectivity index (χ1n) is 6.05. The molecule has 4 N–H and O–H groups in total. The number of carbonyl (C=O) groups is 1. The summed E-state index contributed by atoms with van der Waals surface area (Å²) in [5.74, 6) is -0.442. The first kappa shape index (κ1) is 14.4. The monoisotopic (exact) mass is 334 g/mol. The SMILES string of the molecule is CC(Nc1ccccc1Br)(C(N)=O)c1cccc(O)c1. The summed E-state index contributed by atoms with van der Waals surface area (Å²) in [6.07, 6.45) is 0. The molecule has 0 heterocycles. The molecule has 1 atom stereocenters. The van der Waals surface area contributed by atoms with E-state index in [-0.39, 0.29) is 5.75 Å². The van der Waals surface area contributed by atoms with Gasteiger partial charge in [0.1, 0.15) is 11.3 Å². The van der Waals surface area contributed by atoms with Gasteiger partial charge in [0.15, 0.2) is 0 Å². The van der Waals surface area contributed by atoms with Gasteiger partial charge in [0, 0.05) is 10.2 Å². The predicted molar refractivity (Wildman–Crippen MR) is 82.4 cm³/mol. The van der Waals surface area contributed by atoms with Gasteiger partial charge in [0.25, 0.3) is 0 Å². The second-order valence-corrected chi connectivity index (χ2v) is 5.50. The molecular formula is C15H15BrN2O2. The van der Waals surface area contributed by atoms with Gasteiger partial charge in [-0.25, -0.2) is 0 Å². The first-order valence-corrected chi connectivity index (χ1v) is 6.85. The van der Waals surface area contributed by atoms with Crippen LogP contribution in [-0.4, -0.2) is 11.0 Å². The Morgan fingerprint density at radius 3 is 2.55 bits per heavy atom. The normalized spacial score (nSPS) is 13.5. The van der Waals surface area contributed by atoms with Gasteiger partial charge in [-0.2, -0.15) is 0 Å². The molecule has 0 spiro atoms. The van der Waals surface area contributed by atoms with Crippen molar-refractivity contribution in [2.24, 2.45) is 5.73 Å². The number of hydrogen-bond acceptors (Lipinski definition) is 3. The lowest BCUT2D eigenvalue weighted by atomic mass is 9.90. The Morgan fingerprint density at radius 1 is 1.25 bits per heavy atom. The number of para-hydroxylation sites is 1. The topological polar surface area (TPSA) is 75.3 Å². The van der Waals surface area contributed by atoms with E-state index in [0.29, 0.717) is 5.56 Å². The van der Waals surface area contributed by atoms with Crippen molar-refractivity contribution in [2.75, 3.05) is 5.32 Å². The molecule has 0 radical (unpaired) electrons. The van der Waals surface area contributed by atoms with E-state index in [0.717, 1.165) is 10.2 Å². The zero-order chi connectivity index (χ0) is 14.8. The summed E-state index contributed by atoms with van der Waals surface area (Å²) in [6.45, 7) is 1.68. The lowest BCUT2D eigenvalue weighted by molar-refractivity contribution is -0.122. The molecule has 0 aromatic heterocycles. The van der Waals surface area contributed by atoms with Gasteiger partial charge in [-0.3, -0.25) is 4.79 Å². The van der Waals surface area contributed by atoms with E-state index in [2.05, 4.69) is 21.2 Å². The molecule has 0 bridgehead atoms. The molecule has 0 saturated carbocycles. The summed E-state index contributed by atoms with van der Waals surface area (Å²) >= 11 is 3.42. The predicted octanol–water partition coefficient (Wildman–Crippen LogP) is 2.97. The number of phenolic OH excluding ortho intramolecular Hbond substituents is 1. The van der Waals surface area contributed by atoms with Crippen molar-refractivity contribution in [2.45, 2.75) is 12.5 Å². The van der Waals surface area contributed by atoms with Crippen LogP contribution in [0.5, 0.6) is 5.75 Å². The van der Waals surface area contributed by atoms with Crippen molar-refractivity contribution >= 4 is 27.5 Å². The fraction of sp³-hybridized carbons (Fsp3) is 0.133. The van der Waals surface area contributed by atoms with Crippen LogP contribution in [0.15, 0.2) is 53.0 Å². The van der Waals surface area contributed by atoms with E-state index in [1.54, 1.807) is 25.1 Å².